The molecule has 0 saturated carbocycles. The van der Waals surface area contributed by atoms with Crippen LogP contribution in [-0.4, -0.2) is 11.6 Å². The van der Waals surface area contributed by atoms with Crippen molar-refractivity contribution in [1.29, 1.82) is 0 Å². The first-order valence-corrected chi connectivity index (χ1v) is 6.50. The van der Waals surface area contributed by atoms with Crippen molar-refractivity contribution in [3.05, 3.63) is 76.6 Å². The number of Topliss-reactive ketones (excluding diaryl/α,β-unsaturated/α-hetero) is 1. The molecule has 0 aliphatic heterocycles. The second-order valence-corrected chi connectivity index (χ2v) is 4.91. The van der Waals surface area contributed by atoms with Crippen molar-refractivity contribution >= 4 is 11.6 Å². The lowest BCUT2D eigenvalue weighted by Gasteiger charge is -2.16. The molecule has 0 fully saturated rings. The summed E-state index contributed by atoms with van der Waals surface area (Å²) in [6, 6.07) is 8.37. The van der Waals surface area contributed by atoms with Gasteiger partial charge in [0.05, 0.1) is 0 Å². The number of ether oxygens (including phenoxy) is 1. The Morgan fingerprint density at radius 1 is 0.955 bits per heavy atom. The zero-order chi connectivity index (χ0) is 15.9. The summed E-state index contributed by atoms with van der Waals surface area (Å²) in [5.74, 6) is -3.99. The number of hydrogen-bond donors (Lipinski definition) is 0. The summed E-state index contributed by atoms with van der Waals surface area (Å²) < 4.78 is 32.6. The van der Waals surface area contributed by atoms with Crippen LogP contribution in [0, 0.1) is 18.6 Å². The molecular weight excluding hydrogens is 290 g/mol. The van der Waals surface area contributed by atoms with Gasteiger partial charge in [-0.1, -0.05) is 24.3 Å². The molecule has 3 nitrogen and oxygen atoms in total. The van der Waals surface area contributed by atoms with Crippen LogP contribution in [0.4, 0.5) is 8.78 Å². The van der Waals surface area contributed by atoms with Gasteiger partial charge in [-0.05, 0) is 24.6 Å². The number of fused-ring (bicyclic) bond motifs is 1. The molecule has 0 saturated heterocycles. The maximum Gasteiger partial charge on any atom is 0.229 e. The quantitative estimate of drug-likeness (QED) is 0.851. The SMILES string of the molecule is Cc1cc(F)c(OC2=CC(=O)c3ccccc3C2=O)c(F)c1. The third-order valence-corrected chi connectivity index (χ3v) is 3.28. The zero-order valence-electron chi connectivity index (χ0n) is 11.5. The molecule has 0 amide bonds. The second-order valence-electron chi connectivity index (χ2n) is 4.91. The van der Waals surface area contributed by atoms with Gasteiger partial charge in [0, 0.05) is 17.2 Å². The molecular formula is C17H10F2O3. The van der Waals surface area contributed by atoms with E-state index in [2.05, 4.69) is 0 Å². The maximum atomic E-state index is 13.8. The Bertz CT molecular complexity index is 815. The lowest BCUT2D eigenvalue weighted by molar-refractivity contribution is 0.0944. The molecule has 2 aromatic rings. The molecule has 22 heavy (non-hydrogen) atoms. The van der Waals surface area contributed by atoms with Crippen LogP contribution in [0.25, 0.3) is 0 Å². The standard InChI is InChI=1S/C17H10F2O3/c1-9-6-12(18)17(13(19)7-9)22-15-8-14(20)10-4-2-3-5-11(10)16(15)21/h2-8H,1H3. The molecule has 0 aromatic heterocycles. The van der Waals surface area contributed by atoms with Crippen molar-refractivity contribution in [3.63, 3.8) is 0 Å². The van der Waals surface area contributed by atoms with Gasteiger partial charge in [-0.15, -0.1) is 0 Å². The average molecular weight is 300 g/mol. The fourth-order valence-electron chi connectivity index (χ4n) is 2.26. The van der Waals surface area contributed by atoms with E-state index in [9.17, 15) is 18.4 Å². The number of benzene rings is 2. The predicted octanol–water partition coefficient (Wildman–Crippen LogP) is 3.62. The second kappa shape index (κ2) is 5.18. The molecule has 1 aliphatic carbocycles. The largest absolute Gasteiger partial charge is 0.447 e. The van der Waals surface area contributed by atoms with Crippen LogP contribution in [0.5, 0.6) is 5.75 Å². The fraction of sp³-hybridized carbons (Fsp3) is 0.0588. The Hall–Kier alpha value is -2.82. The van der Waals surface area contributed by atoms with E-state index in [4.69, 9.17) is 4.74 Å². The highest BCUT2D eigenvalue weighted by Crippen LogP contribution is 2.28. The first kappa shape index (κ1) is 14.1. The lowest BCUT2D eigenvalue weighted by atomic mass is 9.94. The molecule has 110 valence electrons. The van der Waals surface area contributed by atoms with Crippen molar-refractivity contribution in [2.75, 3.05) is 0 Å². The van der Waals surface area contributed by atoms with E-state index in [1.807, 2.05) is 0 Å². The number of carbonyl (C=O) groups is 2. The highest BCUT2D eigenvalue weighted by atomic mass is 19.1. The number of hydrogen-bond acceptors (Lipinski definition) is 3. The van der Waals surface area contributed by atoms with Crippen molar-refractivity contribution in [3.8, 4) is 5.75 Å². The van der Waals surface area contributed by atoms with Gasteiger partial charge >= 0.3 is 0 Å². The number of allylic oxidation sites excluding steroid dienone is 2. The Labute approximate surface area is 124 Å². The molecule has 0 heterocycles. The van der Waals surface area contributed by atoms with Crippen molar-refractivity contribution in [1.82, 2.24) is 0 Å². The van der Waals surface area contributed by atoms with Gasteiger partial charge in [0.1, 0.15) is 0 Å². The van der Waals surface area contributed by atoms with Crippen molar-refractivity contribution < 1.29 is 23.1 Å². The minimum Gasteiger partial charge on any atom is -0.447 e. The van der Waals surface area contributed by atoms with Crippen LogP contribution in [0.2, 0.25) is 0 Å². The van der Waals surface area contributed by atoms with E-state index < -0.39 is 34.7 Å². The van der Waals surface area contributed by atoms with Gasteiger partial charge in [0.15, 0.2) is 28.9 Å². The van der Waals surface area contributed by atoms with Crippen LogP contribution in [0.15, 0.2) is 48.2 Å². The molecule has 2 aromatic carbocycles. The Morgan fingerprint density at radius 2 is 1.55 bits per heavy atom. The molecule has 0 unspecified atom stereocenters. The Morgan fingerprint density at radius 3 is 2.18 bits per heavy atom. The monoisotopic (exact) mass is 300 g/mol. The summed E-state index contributed by atoms with van der Waals surface area (Å²) in [7, 11) is 0. The molecule has 1 aliphatic rings. The van der Waals surface area contributed by atoms with Crippen molar-refractivity contribution in [2.24, 2.45) is 0 Å². The van der Waals surface area contributed by atoms with E-state index in [0.717, 1.165) is 18.2 Å². The number of ketones is 2. The van der Waals surface area contributed by atoms with Gasteiger partial charge in [0.25, 0.3) is 0 Å². The summed E-state index contributed by atoms with van der Waals surface area (Å²) >= 11 is 0. The van der Waals surface area contributed by atoms with Crippen LogP contribution < -0.4 is 4.74 Å². The molecule has 0 N–H and O–H groups in total. The Kier molecular flexibility index (Phi) is 3.33. The van der Waals surface area contributed by atoms with Gasteiger partial charge < -0.3 is 4.74 Å². The lowest BCUT2D eigenvalue weighted by Crippen LogP contribution is -2.20. The minimum absolute atomic E-state index is 0.151. The summed E-state index contributed by atoms with van der Waals surface area (Å²) in [5, 5.41) is 0. The number of carbonyl (C=O) groups excluding carboxylic acids is 2. The molecule has 0 atom stereocenters. The van der Waals surface area contributed by atoms with E-state index in [1.54, 1.807) is 12.1 Å². The predicted molar refractivity (Wildman–Crippen MR) is 74.9 cm³/mol. The molecule has 3 rings (SSSR count). The number of halogens is 2. The highest BCUT2D eigenvalue weighted by Gasteiger charge is 2.28. The van der Waals surface area contributed by atoms with Crippen LogP contribution in [0.1, 0.15) is 26.3 Å². The molecule has 0 radical (unpaired) electrons. The first-order valence-electron chi connectivity index (χ1n) is 6.50. The van der Waals surface area contributed by atoms with Gasteiger partial charge in [-0.25, -0.2) is 8.78 Å². The van der Waals surface area contributed by atoms with E-state index >= 15 is 0 Å². The average Bonchev–Trinajstić information content (AvgIpc) is 2.47. The third-order valence-electron chi connectivity index (χ3n) is 3.28. The summed E-state index contributed by atoms with van der Waals surface area (Å²) in [6.07, 6.45) is 0.948. The molecule has 5 heteroatoms. The zero-order valence-corrected chi connectivity index (χ0v) is 11.5. The van der Waals surface area contributed by atoms with E-state index in [-0.39, 0.29) is 11.1 Å². The summed E-state index contributed by atoms with van der Waals surface area (Å²) in [4.78, 5) is 24.2. The number of aryl methyl sites for hydroxylation is 1. The maximum absolute atomic E-state index is 13.8. The smallest absolute Gasteiger partial charge is 0.229 e. The van der Waals surface area contributed by atoms with E-state index in [1.165, 1.54) is 19.1 Å². The summed E-state index contributed by atoms with van der Waals surface area (Å²) in [6.45, 7) is 1.53. The van der Waals surface area contributed by atoms with Crippen LogP contribution in [-0.2, 0) is 0 Å². The topological polar surface area (TPSA) is 43.4 Å². The first-order chi connectivity index (χ1) is 10.5. The normalized spacial score (nSPS) is 13.7. The Balaban J connectivity index is 2.01. The third kappa shape index (κ3) is 2.30. The summed E-state index contributed by atoms with van der Waals surface area (Å²) in [5.41, 5.74) is 0.773. The van der Waals surface area contributed by atoms with Crippen LogP contribution in [0.3, 0.4) is 0 Å². The van der Waals surface area contributed by atoms with Gasteiger partial charge in [0.2, 0.25) is 5.78 Å². The molecule has 0 spiro atoms. The number of rotatable bonds is 2. The molecule has 0 bridgehead atoms. The van der Waals surface area contributed by atoms with Crippen LogP contribution >= 0.6 is 0 Å². The fourth-order valence-corrected chi connectivity index (χ4v) is 2.26. The van der Waals surface area contributed by atoms with Gasteiger partial charge in [-0.3, -0.25) is 9.59 Å². The minimum atomic E-state index is -0.933. The van der Waals surface area contributed by atoms with E-state index in [0.29, 0.717) is 5.56 Å². The van der Waals surface area contributed by atoms with Gasteiger partial charge in [-0.2, -0.15) is 0 Å². The van der Waals surface area contributed by atoms with Crippen molar-refractivity contribution in [2.45, 2.75) is 6.92 Å². The highest BCUT2D eigenvalue weighted by molar-refractivity contribution is 6.23.